The van der Waals surface area contributed by atoms with Crippen molar-refractivity contribution in [1.29, 1.82) is 0 Å². The first-order valence-electron chi connectivity index (χ1n) is 9.45. The number of methoxy groups -OCH3 is 4. The first kappa shape index (κ1) is 21.9. The summed E-state index contributed by atoms with van der Waals surface area (Å²) in [6, 6.07) is 8.95. The van der Waals surface area contributed by atoms with Gasteiger partial charge >= 0.3 is 0 Å². The lowest BCUT2D eigenvalue weighted by Gasteiger charge is -2.15. The predicted molar refractivity (Wildman–Crippen MR) is 115 cm³/mol. The maximum Gasteiger partial charge on any atom is 0.225 e. The van der Waals surface area contributed by atoms with E-state index in [9.17, 15) is 4.79 Å². The molecule has 0 fully saturated rings. The van der Waals surface area contributed by atoms with E-state index < -0.39 is 0 Å². The van der Waals surface area contributed by atoms with Gasteiger partial charge in [-0.25, -0.2) is 4.68 Å². The van der Waals surface area contributed by atoms with E-state index in [2.05, 4.69) is 15.6 Å². The third-order valence-corrected chi connectivity index (χ3v) is 4.58. The molecule has 1 aromatic heterocycles. The second-order valence-electron chi connectivity index (χ2n) is 6.42. The lowest BCUT2D eigenvalue weighted by molar-refractivity contribution is -0.116. The summed E-state index contributed by atoms with van der Waals surface area (Å²) in [7, 11) is 6.17. The number of hydrogen-bond donors (Lipinski definition) is 2. The van der Waals surface area contributed by atoms with Crippen molar-refractivity contribution < 1.29 is 23.7 Å². The zero-order valence-corrected chi connectivity index (χ0v) is 17.8. The Morgan fingerprint density at radius 2 is 1.68 bits per heavy atom. The third-order valence-electron chi connectivity index (χ3n) is 4.58. The monoisotopic (exact) mass is 427 g/mol. The van der Waals surface area contributed by atoms with Crippen molar-refractivity contribution in [3.05, 3.63) is 36.5 Å². The zero-order valence-electron chi connectivity index (χ0n) is 17.8. The highest BCUT2D eigenvalue weighted by Crippen LogP contribution is 2.40. The zero-order chi connectivity index (χ0) is 22.4. The molecule has 3 N–H and O–H groups in total. The summed E-state index contributed by atoms with van der Waals surface area (Å²) in [5.41, 5.74) is 8.11. The Kier molecular flexibility index (Phi) is 6.93. The summed E-state index contributed by atoms with van der Waals surface area (Å²) >= 11 is 0. The molecule has 0 radical (unpaired) electrons. The van der Waals surface area contributed by atoms with Gasteiger partial charge in [0, 0.05) is 30.7 Å². The molecular weight excluding hydrogens is 402 g/mol. The second kappa shape index (κ2) is 9.81. The summed E-state index contributed by atoms with van der Waals surface area (Å²) in [5.74, 6) is 1.78. The molecule has 0 aliphatic heterocycles. The van der Waals surface area contributed by atoms with Gasteiger partial charge in [0.25, 0.3) is 0 Å². The molecule has 164 valence electrons. The number of rotatable bonds is 9. The SMILES string of the molecule is COc1ccc(-c2cnnn2-c2cc(OC)c(OC)c(OC)c2)cc1NC(=O)CCN. The highest BCUT2D eigenvalue weighted by atomic mass is 16.5. The van der Waals surface area contributed by atoms with Crippen LogP contribution in [-0.4, -0.2) is 55.9 Å². The number of nitrogens with one attached hydrogen (secondary N) is 1. The molecule has 0 bridgehead atoms. The molecule has 31 heavy (non-hydrogen) atoms. The summed E-state index contributed by atoms with van der Waals surface area (Å²) in [6.45, 7) is 0.256. The van der Waals surface area contributed by atoms with Gasteiger partial charge in [-0.1, -0.05) is 5.21 Å². The van der Waals surface area contributed by atoms with E-state index in [1.807, 2.05) is 6.07 Å². The van der Waals surface area contributed by atoms with Crippen LogP contribution in [-0.2, 0) is 4.79 Å². The lowest BCUT2D eigenvalue weighted by Crippen LogP contribution is -2.16. The number of benzene rings is 2. The third kappa shape index (κ3) is 4.53. The Morgan fingerprint density at radius 1 is 1.00 bits per heavy atom. The van der Waals surface area contributed by atoms with Crippen LogP contribution in [0.5, 0.6) is 23.0 Å². The topological polar surface area (TPSA) is 123 Å². The van der Waals surface area contributed by atoms with Crippen molar-refractivity contribution in [2.24, 2.45) is 5.73 Å². The molecule has 1 heterocycles. The lowest BCUT2D eigenvalue weighted by atomic mass is 10.1. The van der Waals surface area contributed by atoms with Crippen LogP contribution in [0, 0.1) is 0 Å². The molecule has 3 aromatic rings. The fourth-order valence-corrected chi connectivity index (χ4v) is 3.12. The van der Waals surface area contributed by atoms with Crippen molar-refractivity contribution in [2.75, 3.05) is 40.3 Å². The van der Waals surface area contributed by atoms with Crippen LogP contribution in [0.15, 0.2) is 36.5 Å². The van der Waals surface area contributed by atoms with Crippen LogP contribution < -0.4 is 30.0 Å². The minimum atomic E-state index is -0.200. The molecule has 0 spiro atoms. The largest absolute Gasteiger partial charge is 0.495 e. The van der Waals surface area contributed by atoms with Crippen molar-refractivity contribution in [3.63, 3.8) is 0 Å². The quantitative estimate of drug-likeness (QED) is 0.533. The summed E-state index contributed by atoms with van der Waals surface area (Å²) in [5, 5.41) is 11.1. The second-order valence-corrected chi connectivity index (χ2v) is 6.42. The average molecular weight is 427 g/mol. The van der Waals surface area contributed by atoms with Gasteiger partial charge in [-0.2, -0.15) is 0 Å². The van der Waals surface area contributed by atoms with Gasteiger partial charge in [0.05, 0.1) is 51.7 Å². The normalized spacial score (nSPS) is 10.5. The standard InChI is InChI=1S/C21H25N5O5/c1-28-17-6-5-13(9-15(17)24-20(27)7-8-22)16-12-23-25-26(16)14-10-18(29-2)21(31-4)19(11-14)30-3/h5-6,9-12H,7-8,22H2,1-4H3,(H,24,27). The van der Waals surface area contributed by atoms with Gasteiger partial charge in [0.1, 0.15) is 5.75 Å². The van der Waals surface area contributed by atoms with Crippen LogP contribution in [0.1, 0.15) is 6.42 Å². The smallest absolute Gasteiger partial charge is 0.225 e. The number of hydrogen-bond acceptors (Lipinski definition) is 8. The fraction of sp³-hybridized carbons (Fsp3) is 0.286. The van der Waals surface area contributed by atoms with Crippen LogP contribution in [0.3, 0.4) is 0 Å². The molecule has 0 saturated carbocycles. The molecule has 0 unspecified atom stereocenters. The van der Waals surface area contributed by atoms with Gasteiger partial charge in [0.15, 0.2) is 11.5 Å². The number of carbonyl (C=O) groups is 1. The van der Waals surface area contributed by atoms with Crippen molar-refractivity contribution in [2.45, 2.75) is 6.42 Å². The van der Waals surface area contributed by atoms with Gasteiger partial charge < -0.3 is 30.0 Å². The number of aromatic nitrogens is 3. The summed E-state index contributed by atoms with van der Waals surface area (Å²) < 4.78 is 23.3. The molecule has 0 aliphatic rings. The first-order valence-corrected chi connectivity index (χ1v) is 9.45. The Balaban J connectivity index is 2.07. The van der Waals surface area contributed by atoms with Crippen LogP contribution in [0.25, 0.3) is 16.9 Å². The number of nitrogens with two attached hydrogens (primary N) is 1. The molecule has 3 rings (SSSR count). The van der Waals surface area contributed by atoms with Gasteiger partial charge in [-0.05, 0) is 18.2 Å². The maximum absolute atomic E-state index is 12.1. The van der Waals surface area contributed by atoms with E-state index in [1.54, 1.807) is 56.5 Å². The number of anilines is 1. The molecule has 1 amide bonds. The average Bonchev–Trinajstić information content (AvgIpc) is 3.28. The first-order chi connectivity index (χ1) is 15.1. The van der Waals surface area contributed by atoms with Crippen molar-refractivity contribution in [3.8, 4) is 39.9 Å². The van der Waals surface area contributed by atoms with Crippen molar-refractivity contribution in [1.82, 2.24) is 15.0 Å². The number of amides is 1. The summed E-state index contributed by atoms with van der Waals surface area (Å²) in [4.78, 5) is 12.1. The molecule has 0 saturated heterocycles. The van der Waals surface area contributed by atoms with Gasteiger partial charge in [-0.3, -0.25) is 4.79 Å². The number of carbonyl (C=O) groups excluding carboxylic acids is 1. The van der Waals surface area contributed by atoms with E-state index in [0.29, 0.717) is 40.1 Å². The van der Waals surface area contributed by atoms with Gasteiger partial charge in [-0.15, -0.1) is 5.10 Å². The van der Waals surface area contributed by atoms with E-state index in [4.69, 9.17) is 24.7 Å². The predicted octanol–water partition coefficient (Wildman–Crippen LogP) is 2.26. The van der Waals surface area contributed by atoms with E-state index in [1.165, 1.54) is 7.11 Å². The van der Waals surface area contributed by atoms with E-state index in [-0.39, 0.29) is 18.9 Å². The Bertz CT molecular complexity index is 1040. The molecule has 2 aromatic carbocycles. The minimum Gasteiger partial charge on any atom is -0.495 e. The van der Waals surface area contributed by atoms with Crippen LogP contribution in [0.4, 0.5) is 5.69 Å². The molecule has 10 nitrogen and oxygen atoms in total. The van der Waals surface area contributed by atoms with Gasteiger partial charge in [0.2, 0.25) is 11.7 Å². The maximum atomic E-state index is 12.1. The van der Waals surface area contributed by atoms with E-state index >= 15 is 0 Å². The van der Waals surface area contributed by atoms with Crippen molar-refractivity contribution >= 4 is 11.6 Å². The summed E-state index contributed by atoms with van der Waals surface area (Å²) in [6.07, 6.45) is 1.83. The number of nitrogens with zero attached hydrogens (tertiary/aromatic N) is 3. The molecular formula is C21H25N5O5. The molecule has 0 aliphatic carbocycles. The van der Waals surface area contributed by atoms with E-state index in [0.717, 1.165) is 5.56 Å². The Hall–Kier alpha value is -3.79. The van der Waals surface area contributed by atoms with Crippen LogP contribution >= 0.6 is 0 Å². The Morgan fingerprint density at radius 3 is 2.26 bits per heavy atom. The van der Waals surface area contributed by atoms with Crippen LogP contribution in [0.2, 0.25) is 0 Å². The minimum absolute atomic E-state index is 0.200. The fourth-order valence-electron chi connectivity index (χ4n) is 3.12. The highest BCUT2D eigenvalue weighted by Gasteiger charge is 2.18. The number of ether oxygens (including phenoxy) is 4. The Labute approximate surface area is 179 Å². The molecule has 0 atom stereocenters. The highest BCUT2D eigenvalue weighted by molar-refractivity contribution is 5.93. The molecule has 10 heteroatoms.